The molecule has 1 rings (SSSR count). The molecule has 6 heteroatoms. The number of ether oxygens (including phenoxy) is 1. The van der Waals surface area contributed by atoms with Crippen molar-refractivity contribution in [3.8, 4) is 0 Å². The van der Waals surface area contributed by atoms with Crippen molar-refractivity contribution in [1.29, 1.82) is 0 Å². The molecule has 2 N–H and O–H groups in total. The summed E-state index contributed by atoms with van der Waals surface area (Å²) in [5, 5.41) is 6.54. The maximum absolute atomic E-state index is 5.00. The van der Waals surface area contributed by atoms with Crippen LogP contribution in [0.25, 0.3) is 0 Å². The number of hydrogen-bond donors (Lipinski definition) is 2. The highest BCUT2D eigenvalue weighted by Crippen LogP contribution is 1.88. The molecule has 0 saturated heterocycles. The van der Waals surface area contributed by atoms with Gasteiger partial charge in [0.25, 0.3) is 0 Å². The molecule has 110 valence electrons. The smallest absolute Gasteiger partial charge is 0.191 e. The minimum atomic E-state index is 0. The zero-order valence-electron chi connectivity index (χ0n) is 11.8. The number of nitrogens with zero attached hydrogens (tertiary/aromatic N) is 2. The molecule has 0 amide bonds. The van der Waals surface area contributed by atoms with E-state index in [1.807, 2.05) is 12.1 Å². The maximum Gasteiger partial charge on any atom is 0.191 e. The third-order valence-electron chi connectivity index (χ3n) is 2.45. The topological polar surface area (TPSA) is 50.6 Å². The second-order valence-electron chi connectivity index (χ2n) is 3.95. The Bertz CT molecular complexity index is 327. The van der Waals surface area contributed by atoms with Crippen LogP contribution in [0.2, 0.25) is 0 Å². The van der Waals surface area contributed by atoms with Crippen LogP contribution in [-0.2, 0) is 11.3 Å². The summed E-state index contributed by atoms with van der Waals surface area (Å²) in [6.45, 7) is 6.29. The van der Waals surface area contributed by atoms with E-state index in [1.165, 1.54) is 0 Å². The summed E-state index contributed by atoms with van der Waals surface area (Å²) in [6.07, 6.45) is 5.07. The number of aliphatic imine (C=N–C) groups is 1. The summed E-state index contributed by atoms with van der Waals surface area (Å²) < 4.78 is 7.14. The van der Waals surface area contributed by atoms with Gasteiger partial charge in [0.2, 0.25) is 0 Å². The Hall–Kier alpha value is -0.760. The lowest BCUT2D eigenvalue weighted by molar-refractivity contribution is 0.197. The fourth-order valence-electron chi connectivity index (χ4n) is 1.56. The van der Waals surface area contributed by atoms with E-state index in [4.69, 9.17) is 4.74 Å². The van der Waals surface area contributed by atoms with Crippen molar-refractivity contribution in [2.24, 2.45) is 4.99 Å². The highest BCUT2D eigenvalue weighted by atomic mass is 127. The van der Waals surface area contributed by atoms with E-state index >= 15 is 0 Å². The summed E-state index contributed by atoms with van der Waals surface area (Å²) in [7, 11) is 1.71. The first-order valence-electron chi connectivity index (χ1n) is 6.48. The minimum Gasteiger partial charge on any atom is -0.385 e. The normalized spacial score (nSPS) is 10.9. The number of nitrogens with one attached hydrogen (secondary N) is 2. The minimum absolute atomic E-state index is 0. The average Bonchev–Trinajstić information content (AvgIpc) is 2.87. The molecule has 0 atom stereocenters. The molecule has 0 saturated carbocycles. The molecule has 0 aliphatic rings. The van der Waals surface area contributed by atoms with Crippen LogP contribution >= 0.6 is 24.0 Å². The first kappa shape index (κ1) is 18.2. The van der Waals surface area contributed by atoms with Gasteiger partial charge in [-0.2, -0.15) is 0 Å². The van der Waals surface area contributed by atoms with E-state index < -0.39 is 0 Å². The first-order chi connectivity index (χ1) is 8.86. The molecule has 5 nitrogen and oxygen atoms in total. The number of aromatic nitrogens is 1. The van der Waals surface area contributed by atoms with E-state index in [0.29, 0.717) is 0 Å². The van der Waals surface area contributed by atoms with Crippen LogP contribution in [0.15, 0.2) is 29.5 Å². The van der Waals surface area contributed by atoms with Crippen molar-refractivity contribution in [3.05, 3.63) is 24.5 Å². The van der Waals surface area contributed by atoms with Crippen LogP contribution in [0.5, 0.6) is 0 Å². The van der Waals surface area contributed by atoms with Gasteiger partial charge in [0.1, 0.15) is 0 Å². The molecule has 0 aliphatic heterocycles. The molecule has 0 fully saturated rings. The van der Waals surface area contributed by atoms with Gasteiger partial charge in [-0.3, -0.25) is 4.99 Å². The molecule has 19 heavy (non-hydrogen) atoms. The number of hydrogen-bond acceptors (Lipinski definition) is 2. The van der Waals surface area contributed by atoms with Gasteiger partial charge in [-0.25, -0.2) is 0 Å². The highest BCUT2D eigenvalue weighted by Gasteiger charge is 1.96. The predicted molar refractivity (Wildman–Crippen MR) is 90.3 cm³/mol. The van der Waals surface area contributed by atoms with E-state index in [2.05, 4.69) is 39.5 Å². The van der Waals surface area contributed by atoms with Crippen molar-refractivity contribution in [2.45, 2.75) is 19.9 Å². The summed E-state index contributed by atoms with van der Waals surface area (Å²) in [4.78, 5) is 4.47. The molecule has 0 unspecified atom stereocenters. The molecule has 1 aromatic heterocycles. The van der Waals surface area contributed by atoms with Gasteiger partial charge in [-0.1, -0.05) is 0 Å². The van der Waals surface area contributed by atoms with Gasteiger partial charge in [0.05, 0.1) is 0 Å². The molecular formula is C13H25IN4O. The molecule has 0 bridgehead atoms. The Morgan fingerprint density at radius 3 is 2.63 bits per heavy atom. The van der Waals surface area contributed by atoms with E-state index in [9.17, 15) is 0 Å². The number of rotatable bonds is 8. The third kappa shape index (κ3) is 8.88. The Balaban J connectivity index is 0.00000324. The van der Waals surface area contributed by atoms with Gasteiger partial charge in [0, 0.05) is 52.3 Å². The van der Waals surface area contributed by atoms with Gasteiger partial charge in [-0.05, 0) is 25.5 Å². The first-order valence-corrected chi connectivity index (χ1v) is 6.48. The van der Waals surface area contributed by atoms with Gasteiger partial charge in [0.15, 0.2) is 5.96 Å². The molecular weight excluding hydrogens is 355 g/mol. The van der Waals surface area contributed by atoms with Crippen molar-refractivity contribution in [2.75, 3.05) is 33.4 Å². The molecule has 0 aromatic carbocycles. The second-order valence-corrected chi connectivity index (χ2v) is 3.95. The van der Waals surface area contributed by atoms with Crippen LogP contribution in [0.4, 0.5) is 0 Å². The molecule has 1 heterocycles. The van der Waals surface area contributed by atoms with Gasteiger partial charge in [-0.15, -0.1) is 24.0 Å². The van der Waals surface area contributed by atoms with Crippen molar-refractivity contribution < 1.29 is 4.74 Å². The highest BCUT2D eigenvalue weighted by molar-refractivity contribution is 14.0. The fourth-order valence-corrected chi connectivity index (χ4v) is 1.56. The quantitative estimate of drug-likeness (QED) is 0.313. The fraction of sp³-hybridized carbons (Fsp3) is 0.615. The summed E-state index contributed by atoms with van der Waals surface area (Å²) in [5.41, 5.74) is 0. The van der Waals surface area contributed by atoms with Crippen LogP contribution < -0.4 is 10.6 Å². The lowest BCUT2D eigenvalue weighted by Crippen LogP contribution is -2.38. The number of halogens is 1. The van der Waals surface area contributed by atoms with Gasteiger partial charge >= 0.3 is 0 Å². The Morgan fingerprint density at radius 2 is 2.00 bits per heavy atom. The molecule has 0 radical (unpaired) electrons. The average molecular weight is 380 g/mol. The Kier molecular flexibility index (Phi) is 11.8. The van der Waals surface area contributed by atoms with Crippen molar-refractivity contribution >= 4 is 29.9 Å². The zero-order chi connectivity index (χ0) is 13.1. The second kappa shape index (κ2) is 12.3. The summed E-state index contributed by atoms with van der Waals surface area (Å²) in [5.74, 6) is 0.876. The Labute approximate surface area is 132 Å². The third-order valence-corrected chi connectivity index (χ3v) is 2.45. The van der Waals surface area contributed by atoms with Crippen LogP contribution in [0, 0.1) is 0 Å². The number of guanidine groups is 1. The predicted octanol–water partition coefficient (Wildman–Crippen LogP) is 1.70. The monoisotopic (exact) mass is 380 g/mol. The SMILES string of the molecule is CCNC(=NCCCOC)NCCn1cccc1.I. The molecule has 1 aromatic rings. The van der Waals surface area contributed by atoms with E-state index in [-0.39, 0.29) is 24.0 Å². The molecule has 0 spiro atoms. The van der Waals surface area contributed by atoms with Crippen LogP contribution in [0.1, 0.15) is 13.3 Å². The lowest BCUT2D eigenvalue weighted by Gasteiger charge is -2.11. The van der Waals surface area contributed by atoms with Crippen molar-refractivity contribution in [3.63, 3.8) is 0 Å². The van der Waals surface area contributed by atoms with Crippen LogP contribution in [0.3, 0.4) is 0 Å². The van der Waals surface area contributed by atoms with E-state index in [1.54, 1.807) is 7.11 Å². The van der Waals surface area contributed by atoms with Crippen LogP contribution in [-0.4, -0.2) is 43.9 Å². The summed E-state index contributed by atoms with van der Waals surface area (Å²) in [6, 6.07) is 4.06. The largest absolute Gasteiger partial charge is 0.385 e. The number of methoxy groups -OCH3 is 1. The Morgan fingerprint density at radius 1 is 1.26 bits per heavy atom. The van der Waals surface area contributed by atoms with Gasteiger partial charge < -0.3 is 19.9 Å². The van der Waals surface area contributed by atoms with E-state index in [0.717, 1.165) is 45.2 Å². The maximum atomic E-state index is 5.00. The standard InChI is InChI=1S/C13H24N4O.HI/c1-3-14-13(15-7-6-12-18-2)16-8-11-17-9-4-5-10-17;/h4-5,9-10H,3,6-8,11-12H2,1-2H3,(H2,14,15,16);1H. The molecule has 0 aliphatic carbocycles. The zero-order valence-corrected chi connectivity index (χ0v) is 14.1. The van der Waals surface area contributed by atoms with Crippen molar-refractivity contribution in [1.82, 2.24) is 15.2 Å². The summed E-state index contributed by atoms with van der Waals surface area (Å²) >= 11 is 0. The lowest BCUT2D eigenvalue weighted by atomic mass is 10.4.